The quantitative estimate of drug-likeness (QED) is 0.577. The van der Waals surface area contributed by atoms with Gasteiger partial charge in [-0.2, -0.15) is 4.98 Å². The number of aromatic nitrogens is 2. The molecule has 2 rings (SSSR count). The Labute approximate surface area is 144 Å². The van der Waals surface area contributed by atoms with E-state index in [-0.39, 0.29) is 12.2 Å². The number of rotatable bonds is 7. The Hall–Kier alpha value is -2.97. The molecule has 1 aromatic carbocycles. The summed E-state index contributed by atoms with van der Waals surface area (Å²) in [5.74, 6) is -0.185. The van der Waals surface area contributed by atoms with E-state index in [2.05, 4.69) is 31.2 Å². The predicted molar refractivity (Wildman–Crippen MR) is 92.8 cm³/mol. The molecule has 0 atom stereocenters. The molecule has 0 saturated carbocycles. The molecular formula is C16H20F2N6O. The van der Waals surface area contributed by atoms with Crippen molar-refractivity contribution >= 4 is 23.5 Å². The standard InChI is InChI=1S/C16H20F2N6O/c1-3-19-15-22-10(2)8-14(24-15)20-6-7-21-16(25)23-13-9-11(17)4-5-12(13)18/h4-5,8-9H,3,6-7H2,1-2H3,(H2,21,23,25)(H2,19,20,22,24). The second-order valence-electron chi connectivity index (χ2n) is 5.18. The van der Waals surface area contributed by atoms with Gasteiger partial charge in [0.2, 0.25) is 5.95 Å². The Kier molecular flexibility index (Phi) is 6.44. The first kappa shape index (κ1) is 18.4. The number of carbonyl (C=O) groups excluding carboxylic acids is 1. The van der Waals surface area contributed by atoms with E-state index in [1.165, 1.54) is 0 Å². The summed E-state index contributed by atoms with van der Waals surface area (Å²) >= 11 is 0. The third-order valence-electron chi connectivity index (χ3n) is 3.08. The van der Waals surface area contributed by atoms with Gasteiger partial charge in [0.1, 0.15) is 17.5 Å². The van der Waals surface area contributed by atoms with Crippen molar-refractivity contribution in [2.24, 2.45) is 0 Å². The van der Waals surface area contributed by atoms with Gasteiger partial charge in [-0.3, -0.25) is 0 Å². The van der Waals surface area contributed by atoms with Crippen LogP contribution in [0.1, 0.15) is 12.6 Å². The zero-order valence-corrected chi connectivity index (χ0v) is 14.0. The number of halogens is 2. The highest BCUT2D eigenvalue weighted by molar-refractivity contribution is 5.89. The molecule has 25 heavy (non-hydrogen) atoms. The van der Waals surface area contributed by atoms with E-state index < -0.39 is 17.7 Å². The number of hydrogen-bond donors (Lipinski definition) is 4. The number of nitrogens with one attached hydrogen (secondary N) is 4. The number of aryl methyl sites for hydroxylation is 1. The molecule has 2 amide bonds. The molecule has 1 aromatic heterocycles. The molecule has 0 radical (unpaired) electrons. The van der Waals surface area contributed by atoms with E-state index in [0.29, 0.717) is 24.9 Å². The van der Waals surface area contributed by atoms with E-state index in [1.54, 1.807) is 6.07 Å². The van der Waals surface area contributed by atoms with Gasteiger partial charge in [-0.15, -0.1) is 0 Å². The van der Waals surface area contributed by atoms with Crippen LogP contribution in [0.5, 0.6) is 0 Å². The third-order valence-corrected chi connectivity index (χ3v) is 3.08. The number of amides is 2. The summed E-state index contributed by atoms with van der Waals surface area (Å²) in [6.07, 6.45) is 0. The molecule has 7 nitrogen and oxygen atoms in total. The summed E-state index contributed by atoms with van der Waals surface area (Å²) in [4.78, 5) is 20.2. The van der Waals surface area contributed by atoms with Crippen molar-refractivity contribution in [1.82, 2.24) is 15.3 Å². The lowest BCUT2D eigenvalue weighted by atomic mass is 10.3. The first-order chi connectivity index (χ1) is 12.0. The van der Waals surface area contributed by atoms with E-state index in [4.69, 9.17) is 0 Å². The molecule has 9 heteroatoms. The van der Waals surface area contributed by atoms with Crippen LogP contribution in [-0.2, 0) is 0 Å². The third kappa shape index (κ3) is 5.87. The van der Waals surface area contributed by atoms with Gasteiger partial charge < -0.3 is 21.3 Å². The van der Waals surface area contributed by atoms with E-state index in [1.807, 2.05) is 13.8 Å². The van der Waals surface area contributed by atoms with E-state index in [9.17, 15) is 13.6 Å². The molecule has 4 N–H and O–H groups in total. The summed E-state index contributed by atoms with van der Waals surface area (Å²) in [5.41, 5.74) is 0.591. The minimum Gasteiger partial charge on any atom is -0.368 e. The number of anilines is 3. The fourth-order valence-electron chi connectivity index (χ4n) is 2.02. The molecule has 0 spiro atoms. The molecule has 0 aliphatic rings. The van der Waals surface area contributed by atoms with Crippen LogP contribution >= 0.6 is 0 Å². The Morgan fingerprint density at radius 2 is 1.92 bits per heavy atom. The molecule has 0 bridgehead atoms. The minimum atomic E-state index is -0.706. The first-order valence-electron chi connectivity index (χ1n) is 7.81. The fraction of sp³-hybridized carbons (Fsp3) is 0.312. The summed E-state index contributed by atoms with van der Waals surface area (Å²) in [7, 11) is 0. The Balaban J connectivity index is 1.79. The SMILES string of the molecule is CCNc1nc(C)cc(NCCNC(=O)Nc2cc(F)ccc2F)n1. The van der Waals surface area contributed by atoms with Crippen molar-refractivity contribution in [3.8, 4) is 0 Å². The lowest BCUT2D eigenvalue weighted by molar-refractivity contribution is 0.252. The second kappa shape index (κ2) is 8.76. The molecule has 1 heterocycles. The van der Waals surface area contributed by atoms with Crippen LogP contribution in [0.25, 0.3) is 0 Å². The number of carbonyl (C=O) groups is 1. The molecular weight excluding hydrogens is 330 g/mol. The smallest absolute Gasteiger partial charge is 0.319 e. The van der Waals surface area contributed by atoms with Crippen LogP contribution in [0.4, 0.5) is 31.0 Å². The maximum absolute atomic E-state index is 13.4. The summed E-state index contributed by atoms with van der Waals surface area (Å²) in [5, 5.41) is 10.9. The topological polar surface area (TPSA) is 91.0 Å². The zero-order chi connectivity index (χ0) is 18.2. The van der Waals surface area contributed by atoms with Gasteiger partial charge in [-0.05, 0) is 26.0 Å². The predicted octanol–water partition coefficient (Wildman–Crippen LogP) is 2.73. The van der Waals surface area contributed by atoms with Crippen molar-refractivity contribution < 1.29 is 13.6 Å². The van der Waals surface area contributed by atoms with Gasteiger partial charge in [-0.25, -0.2) is 18.6 Å². The fourth-order valence-corrected chi connectivity index (χ4v) is 2.02. The maximum atomic E-state index is 13.4. The van der Waals surface area contributed by atoms with E-state index >= 15 is 0 Å². The Bertz CT molecular complexity index is 741. The summed E-state index contributed by atoms with van der Waals surface area (Å²) in [6.45, 7) is 5.18. The number of benzene rings is 1. The van der Waals surface area contributed by atoms with Crippen LogP contribution in [0.2, 0.25) is 0 Å². The molecule has 0 unspecified atom stereocenters. The van der Waals surface area contributed by atoms with Gasteiger partial charge in [0, 0.05) is 37.5 Å². The lowest BCUT2D eigenvalue weighted by Crippen LogP contribution is -2.33. The van der Waals surface area contributed by atoms with Gasteiger partial charge in [0.25, 0.3) is 0 Å². The van der Waals surface area contributed by atoms with Crippen LogP contribution in [0.3, 0.4) is 0 Å². The largest absolute Gasteiger partial charge is 0.368 e. The zero-order valence-electron chi connectivity index (χ0n) is 14.0. The van der Waals surface area contributed by atoms with Crippen LogP contribution in [0.15, 0.2) is 24.3 Å². The highest BCUT2D eigenvalue weighted by Gasteiger charge is 2.07. The first-order valence-corrected chi connectivity index (χ1v) is 7.81. The van der Waals surface area contributed by atoms with Gasteiger partial charge in [-0.1, -0.05) is 0 Å². The van der Waals surface area contributed by atoms with Gasteiger partial charge in [0.15, 0.2) is 0 Å². The van der Waals surface area contributed by atoms with Crippen LogP contribution < -0.4 is 21.3 Å². The van der Waals surface area contributed by atoms with Crippen LogP contribution in [-0.4, -0.2) is 35.6 Å². The number of nitrogens with zero attached hydrogens (tertiary/aromatic N) is 2. The van der Waals surface area contributed by atoms with Crippen molar-refractivity contribution in [2.45, 2.75) is 13.8 Å². The van der Waals surface area contributed by atoms with Crippen molar-refractivity contribution in [2.75, 3.05) is 35.6 Å². The molecule has 0 aliphatic heterocycles. The number of urea groups is 1. The van der Waals surface area contributed by atoms with Crippen LogP contribution in [0, 0.1) is 18.6 Å². The summed E-state index contributed by atoms with van der Waals surface area (Å²) in [6, 6.07) is 4.00. The molecule has 0 aliphatic carbocycles. The van der Waals surface area contributed by atoms with Gasteiger partial charge in [0.05, 0.1) is 5.69 Å². The second-order valence-corrected chi connectivity index (χ2v) is 5.18. The van der Waals surface area contributed by atoms with Crippen molar-refractivity contribution in [3.05, 3.63) is 41.6 Å². The highest BCUT2D eigenvalue weighted by atomic mass is 19.1. The summed E-state index contributed by atoms with van der Waals surface area (Å²) < 4.78 is 26.5. The maximum Gasteiger partial charge on any atom is 0.319 e. The van der Waals surface area contributed by atoms with Gasteiger partial charge >= 0.3 is 6.03 Å². The number of hydrogen-bond acceptors (Lipinski definition) is 5. The van der Waals surface area contributed by atoms with E-state index in [0.717, 1.165) is 23.9 Å². The minimum absolute atomic E-state index is 0.216. The van der Waals surface area contributed by atoms with Crippen molar-refractivity contribution in [3.63, 3.8) is 0 Å². The normalized spacial score (nSPS) is 10.2. The average molecular weight is 350 g/mol. The molecule has 2 aromatic rings. The monoisotopic (exact) mass is 350 g/mol. The lowest BCUT2D eigenvalue weighted by Gasteiger charge is -2.11. The molecule has 0 saturated heterocycles. The molecule has 134 valence electrons. The van der Waals surface area contributed by atoms with Crippen molar-refractivity contribution in [1.29, 1.82) is 0 Å². The average Bonchev–Trinajstić information content (AvgIpc) is 2.55. The highest BCUT2D eigenvalue weighted by Crippen LogP contribution is 2.14. The Morgan fingerprint density at radius 3 is 2.68 bits per heavy atom. The molecule has 0 fully saturated rings. The Morgan fingerprint density at radius 1 is 1.12 bits per heavy atom.